The minimum Gasteiger partial charge on any atom is -0.490 e. The van der Waals surface area contributed by atoms with Gasteiger partial charge in [0.2, 0.25) is 5.91 Å². The fraction of sp³-hybridized carbons (Fsp3) is 0.375. The number of fused-ring (bicyclic) bond motifs is 1. The molecule has 1 spiro atoms. The number of nitrogens with zero attached hydrogens (tertiary/aromatic N) is 3. The molecule has 0 aliphatic heterocycles. The third-order valence-corrected chi connectivity index (χ3v) is 8.11. The Balaban J connectivity index is 0.998. The Morgan fingerprint density at radius 1 is 1.10 bits per heavy atom. The van der Waals surface area contributed by atoms with Crippen molar-refractivity contribution in [1.29, 1.82) is 0 Å². The molecule has 0 bridgehead atoms. The average Bonchev–Trinajstić information content (AvgIpc) is 3.31. The largest absolute Gasteiger partial charge is 0.490 e. The number of carbonyl (C=O) groups excluding carboxylic acids is 2. The van der Waals surface area contributed by atoms with Crippen LogP contribution in [0.4, 0.5) is 0 Å². The van der Waals surface area contributed by atoms with Gasteiger partial charge >= 0.3 is 0 Å². The van der Waals surface area contributed by atoms with Crippen LogP contribution in [0.3, 0.4) is 0 Å². The second kappa shape index (κ2) is 10.8. The van der Waals surface area contributed by atoms with Crippen molar-refractivity contribution in [2.24, 2.45) is 11.1 Å². The third kappa shape index (κ3) is 5.94. The van der Waals surface area contributed by atoms with Crippen molar-refractivity contribution in [2.45, 2.75) is 63.7 Å². The Labute approximate surface area is 243 Å². The fourth-order valence-electron chi connectivity index (χ4n) is 6.09. The van der Waals surface area contributed by atoms with Gasteiger partial charge in [0.05, 0.1) is 41.6 Å². The minimum atomic E-state index is -0.933. The molecule has 42 heavy (non-hydrogen) atoms. The Hall–Kier alpha value is -4.44. The summed E-state index contributed by atoms with van der Waals surface area (Å²) in [5.41, 5.74) is 8.83. The summed E-state index contributed by atoms with van der Waals surface area (Å²) < 4.78 is 13.6. The van der Waals surface area contributed by atoms with Gasteiger partial charge < -0.3 is 25.6 Å². The van der Waals surface area contributed by atoms with Crippen molar-refractivity contribution in [3.05, 3.63) is 78.4 Å². The zero-order valence-electron chi connectivity index (χ0n) is 23.7. The number of hydrogen-bond donors (Lipinski definition) is 3. The number of primary amides is 1. The van der Waals surface area contributed by atoms with Crippen LogP contribution in [0.25, 0.3) is 16.6 Å². The molecule has 0 saturated heterocycles. The maximum Gasteiger partial charge on any atom is 0.252 e. The van der Waals surface area contributed by atoms with Crippen LogP contribution in [0.5, 0.6) is 11.5 Å². The van der Waals surface area contributed by atoms with E-state index in [9.17, 15) is 14.7 Å². The van der Waals surface area contributed by atoms with Gasteiger partial charge in [-0.25, -0.2) is 4.52 Å². The summed E-state index contributed by atoms with van der Waals surface area (Å²) in [6.45, 7) is 3.53. The molecule has 2 amide bonds. The van der Waals surface area contributed by atoms with Gasteiger partial charge in [-0.3, -0.25) is 14.6 Å². The van der Waals surface area contributed by atoms with E-state index < -0.39 is 11.5 Å². The van der Waals surface area contributed by atoms with Gasteiger partial charge in [0.25, 0.3) is 5.91 Å². The zero-order chi connectivity index (χ0) is 29.5. The van der Waals surface area contributed by atoms with Crippen LogP contribution in [0, 0.1) is 5.41 Å². The highest BCUT2D eigenvalue weighted by Gasteiger charge is 2.54. The highest BCUT2D eigenvalue weighted by molar-refractivity contribution is 5.96. The molecule has 2 fully saturated rings. The number of amides is 2. The lowest BCUT2D eigenvalue weighted by Crippen LogP contribution is -2.59. The van der Waals surface area contributed by atoms with Crippen LogP contribution in [0.2, 0.25) is 0 Å². The number of benzene rings is 1. The SMILES string of the molecule is CC(C)(O)COc1ccc2c(CC(=O)NC3CC4(C3)CC(Oc3cc(-c5ccncc5)ccc3C(N)=O)C4)cnn2c1. The number of nitrogens with two attached hydrogens (primary N) is 1. The smallest absolute Gasteiger partial charge is 0.252 e. The second-order valence-electron chi connectivity index (χ2n) is 12.3. The summed E-state index contributed by atoms with van der Waals surface area (Å²) in [7, 11) is 0. The Kier molecular flexibility index (Phi) is 7.10. The number of aliphatic hydroxyl groups is 1. The summed E-state index contributed by atoms with van der Waals surface area (Å²) in [6, 6.07) is 13.1. The van der Waals surface area contributed by atoms with E-state index in [2.05, 4.69) is 15.4 Å². The van der Waals surface area contributed by atoms with Gasteiger partial charge in [0.1, 0.15) is 18.1 Å². The quantitative estimate of drug-likeness (QED) is 0.265. The lowest BCUT2D eigenvalue weighted by molar-refractivity contribution is -0.126. The van der Waals surface area contributed by atoms with Gasteiger partial charge in [-0.2, -0.15) is 5.10 Å². The number of hydrogen-bond acceptors (Lipinski definition) is 7. The van der Waals surface area contributed by atoms with E-state index in [0.29, 0.717) is 17.1 Å². The van der Waals surface area contributed by atoms with Crippen molar-refractivity contribution >= 4 is 17.3 Å². The predicted molar refractivity (Wildman–Crippen MR) is 156 cm³/mol. The molecular formula is C32H35N5O5. The summed E-state index contributed by atoms with van der Waals surface area (Å²) >= 11 is 0. The molecule has 10 heteroatoms. The average molecular weight is 570 g/mol. The van der Waals surface area contributed by atoms with Crippen molar-refractivity contribution in [1.82, 2.24) is 19.9 Å². The van der Waals surface area contributed by atoms with Crippen LogP contribution >= 0.6 is 0 Å². The first kappa shape index (κ1) is 27.7. The fourth-order valence-corrected chi connectivity index (χ4v) is 6.09. The van der Waals surface area contributed by atoms with E-state index in [1.807, 2.05) is 36.4 Å². The Bertz CT molecular complexity index is 1610. The van der Waals surface area contributed by atoms with Gasteiger partial charge in [-0.15, -0.1) is 0 Å². The number of ether oxygens (including phenoxy) is 2. The first-order valence-electron chi connectivity index (χ1n) is 14.2. The monoisotopic (exact) mass is 569 g/mol. The lowest BCUT2D eigenvalue weighted by Gasteiger charge is -2.57. The molecule has 3 aromatic heterocycles. The highest BCUT2D eigenvalue weighted by atomic mass is 16.5. The molecule has 2 aliphatic carbocycles. The Morgan fingerprint density at radius 3 is 2.57 bits per heavy atom. The Morgan fingerprint density at radius 2 is 1.86 bits per heavy atom. The van der Waals surface area contributed by atoms with Gasteiger partial charge in [-0.1, -0.05) is 6.07 Å². The molecule has 2 aliphatic rings. The van der Waals surface area contributed by atoms with Crippen LogP contribution < -0.4 is 20.5 Å². The van der Waals surface area contributed by atoms with Crippen LogP contribution in [0.1, 0.15) is 55.5 Å². The van der Waals surface area contributed by atoms with Crippen LogP contribution in [-0.2, 0) is 11.2 Å². The molecule has 0 radical (unpaired) electrons. The van der Waals surface area contributed by atoms with E-state index in [1.54, 1.807) is 49.2 Å². The number of rotatable bonds is 10. The number of nitrogens with one attached hydrogen (secondary N) is 1. The standard InChI is InChI=1S/C32H35N5O5/c1-31(2,40)19-41-24-4-6-27-22(17-35-37(27)18-24)12-29(38)36-23-13-32(14-23)15-25(16-32)42-28-11-21(3-5-26(28)30(33)39)20-7-9-34-10-8-20/h3-11,17-18,23,25,40H,12-16,19H2,1-2H3,(H2,33,39)(H,36,38). The first-order chi connectivity index (χ1) is 20.1. The molecule has 3 heterocycles. The topological polar surface area (TPSA) is 141 Å². The number of carbonyl (C=O) groups is 2. The second-order valence-corrected chi connectivity index (χ2v) is 12.3. The third-order valence-electron chi connectivity index (χ3n) is 8.11. The van der Waals surface area contributed by atoms with E-state index >= 15 is 0 Å². The highest BCUT2D eigenvalue weighted by Crippen LogP contribution is 2.57. The maximum atomic E-state index is 12.8. The number of aromatic nitrogens is 3. The molecule has 4 N–H and O–H groups in total. The molecule has 1 aromatic carbocycles. The summed E-state index contributed by atoms with van der Waals surface area (Å²) in [4.78, 5) is 28.9. The zero-order valence-corrected chi connectivity index (χ0v) is 23.7. The van der Waals surface area contributed by atoms with E-state index in [1.165, 1.54) is 0 Å². The number of pyridine rings is 2. The van der Waals surface area contributed by atoms with Gasteiger partial charge in [0, 0.05) is 24.0 Å². The van der Waals surface area contributed by atoms with E-state index in [0.717, 1.165) is 47.9 Å². The predicted octanol–water partition coefficient (Wildman–Crippen LogP) is 3.69. The van der Waals surface area contributed by atoms with E-state index in [-0.39, 0.29) is 36.5 Å². The normalized spacial score (nSPS) is 21.4. The first-order valence-corrected chi connectivity index (χ1v) is 14.2. The van der Waals surface area contributed by atoms with Crippen LogP contribution in [-0.4, -0.2) is 55.9 Å². The molecule has 4 aromatic rings. The minimum absolute atomic E-state index is 0.00328. The maximum absolute atomic E-state index is 12.8. The summed E-state index contributed by atoms with van der Waals surface area (Å²) in [5.74, 6) is 0.555. The lowest BCUT2D eigenvalue weighted by atomic mass is 9.53. The molecule has 2 saturated carbocycles. The molecule has 10 nitrogen and oxygen atoms in total. The van der Waals surface area contributed by atoms with Gasteiger partial charge in [0.15, 0.2) is 0 Å². The molecular weight excluding hydrogens is 534 g/mol. The summed E-state index contributed by atoms with van der Waals surface area (Å²) in [6.07, 6.45) is 10.7. The van der Waals surface area contributed by atoms with Gasteiger partial charge in [-0.05, 0) is 92.5 Å². The molecule has 218 valence electrons. The molecule has 0 atom stereocenters. The molecule has 0 unspecified atom stereocenters. The van der Waals surface area contributed by atoms with E-state index in [4.69, 9.17) is 15.2 Å². The van der Waals surface area contributed by atoms with Crippen molar-refractivity contribution in [3.63, 3.8) is 0 Å². The molecule has 6 rings (SSSR count). The summed E-state index contributed by atoms with van der Waals surface area (Å²) in [5, 5.41) is 17.4. The van der Waals surface area contributed by atoms with Crippen LogP contribution in [0.15, 0.2) is 67.3 Å². The van der Waals surface area contributed by atoms with Crippen molar-refractivity contribution in [3.8, 4) is 22.6 Å². The van der Waals surface area contributed by atoms with Crippen molar-refractivity contribution < 1.29 is 24.2 Å². The van der Waals surface area contributed by atoms with Crippen molar-refractivity contribution in [2.75, 3.05) is 6.61 Å².